The van der Waals surface area contributed by atoms with Crippen LogP contribution in [0.3, 0.4) is 0 Å². The smallest absolute Gasteiger partial charge is 0.234 e. The van der Waals surface area contributed by atoms with Gasteiger partial charge in [-0.05, 0) is 39.1 Å². The van der Waals surface area contributed by atoms with Crippen molar-refractivity contribution < 1.29 is 14.6 Å². The van der Waals surface area contributed by atoms with Crippen LogP contribution in [-0.2, 0) is 4.79 Å². The number of hydrogen-bond donors (Lipinski definition) is 2. The molecule has 6 heteroatoms. The van der Waals surface area contributed by atoms with Crippen LogP contribution in [0.15, 0.2) is 28.7 Å². The molecule has 0 aliphatic heterocycles. The van der Waals surface area contributed by atoms with E-state index in [2.05, 4.69) is 21.2 Å². The van der Waals surface area contributed by atoms with Gasteiger partial charge in [-0.1, -0.05) is 22.0 Å². The third-order valence-corrected chi connectivity index (χ3v) is 3.12. The Morgan fingerprint density at radius 1 is 1.48 bits per heavy atom. The van der Waals surface area contributed by atoms with Crippen molar-refractivity contribution >= 4 is 21.8 Å². The number of carbonyl (C=O) groups excluding carboxylic acids is 1. The molecule has 5 nitrogen and oxygen atoms in total. The molecule has 1 aromatic carbocycles. The summed E-state index contributed by atoms with van der Waals surface area (Å²) >= 11 is 3.36. The predicted octanol–water partition coefficient (Wildman–Crippen LogP) is 1.65. The molecule has 1 unspecified atom stereocenters. The second kappa shape index (κ2) is 9.02. The third-order valence-electron chi connectivity index (χ3n) is 2.62. The number of aliphatic hydroxyl groups excluding tert-OH is 1. The number of halogens is 1. The molecule has 1 amide bonds. The van der Waals surface area contributed by atoms with Crippen molar-refractivity contribution in [2.24, 2.45) is 0 Å². The molecule has 2 N–H and O–H groups in total. The largest absolute Gasteiger partial charge is 0.491 e. The van der Waals surface area contributed by atoms with Crippen LogP contribution >= 0.6 is 15.9 Å². The highest BCUT2D eigenvalue weighted by Crippen LogP contribution is 2.17. The molecule has 0 heterocycles. The average Bonchev–Trinajstić information content (AvgIpc) is 2.35. The van der Waals surface area contributed by atoms with Gasteiger partial charge in [0.1, 0.15) is 18.5 Å². The van der Waals surface area contributed by atoms with E-state index in [1.807, 2.05) is 38.1 Å². The lowest BCUT2D eigenvalue weighted by Crippen LogP contribution is -2.42. The van der Waals surface area contributed by atoms with Gasteiger partial charge in [0.05, 0.1) is 6.54 Å². The highest BCUT2D eigenvalue weighted by atomic mass is 79.9. The van der Waals surface area contributed by atoms with E-state index >= 15 is 0 Å². The summed E-state index contributed by atoms with van der Waals surface area (Å²) in [4.78, 5) is 13.4. The normalized spacial score (nSPS) is 12.5. The van der Waals surface area contributed by atoms with Crippen LogP contribution in [-0.4, -0.2) is 54.8 Å². The summed E-state index contributed by atoms with van der Waals surface area (Å²) < 4.78 is 6.44. The molecule has 0 radical (unpaired) electrons. The molecule has 0 saturated carbocycles. The fraction of sp³-hybridized carbons (Fsp3) is 0.533. The van der Waals surface area contributed by atoms with Crippen LogP contribution in [0.2, 0.25) is 0 Å². The maximum atomic E-state index is 11.6. The zero-order valence-electron chi connectivity index (χ0n) is 12.7. The van der Waals surface area contributed by atoms with Crippen molar-refractivity contribution in [3.8, 4) is 5.75 Å². The fourth-order valence-electron chi connectivity index (χ4n) is 1.84. The Bertz CT molecular complexity index is 454. The van der Waals surface area contributed by atoms with Crippen LogP contribution in [0, 0.1) is 0 Å². The molecule has 1 aromatic rings. The molecule has 0 aromatic heterocycles. The summed E-state index contributed by atoms with van der Waals surface area (Å²) in [6, 6.07) is 7.57. The molecule has 118 valence electrons. The minimum absolute atomic E-state index is 0.0485. The zero-order valence-corrected chi connectivity index (χ0v) is 14.3. The SMILES string of the molecule is CC(C)NC(=O)CN(C)CC(O)COc1cccc(Br)c1. The molecule has 0 fully saturated rings. The standard InChI is InChI=1S/C15H23BrN2O3/c1-11(2)17-15(20)9-18(3)8-13(19)10-21-14-6-4-5-12(16)7-14/h4-7,11,13,19H,8-10H2,1-3H3,(H,17,20). The monoisotopic (exact) mass is 358 g/mol. The predicted molar refractivity (Wildman–Crippen MR) is 86.4 cm³/mol. The Hall–Kier alpha value is -1.11. The van der Waals surface area contributed by atoms with Crippen LogP contribution in [0.4, 0.5) is 0 Å². The van der Waals surface area contributed by atoms with E-state index in [0.29, 0.717) is 12.3 Å². The van der Waals surface area contributed by atoms with Crippen molar-refractivity contribution in [3.05, 3.63) is 28.7 Å². The molecular weight excluding hydrogens is 336 g/mol. The van der Waals surface area contributed by atoms with E-state index in [9.17, 15) is 9.90 Å². The van der Waals surface area contributed by atoms with E-state index in [-0.39, 0.29) is 25.1 Å². The Kier molecular flexibility index (Phi) is 7.71. The van der Waals surface area contributed by atoms with E-state index in [1.165, 1.54) is 0 Å². The average molecular weight is 359 g/mol. The van der Waals surface area contributed by atoms with Crippen molar-refractivity contribution in [2.75, 3.05) is 26.7 Å². The van der Waals surface area contributed by atoms with Gasteiger partial charge in [-0.25, -0.2) is 0 Å². The Balaban J connectivity index is 2.29. The molecular formula is C15H23BrN2O3. The second-order valence-electron chi connectivity index (χ2n) is 5.34. The Labute approximate surface area is 134 Å². The molecule has 1 atom stereocenters. The van der Waals surface area contributed by atoms with Crippen molar-refractivity contribution in [1.29, 1.82) is 0 Å². The lowest BCUT2D eigenvalue weighted by atomic mass is 10.3. The number of nitrogens with zero attached hydrogens (tertiary/aromatic N) is 1. The molecule has 0 saturated heterocycles. The highest BCUT2D eigenvalue weighted by Gasteiger charge is 2.12. The van der Waals surface area contributed by atoms with E-state index in [4.69, 9.17) is 4.74 Å². The number of ether oxygens (including phenoxy) is 1. The number of aliphatic hydroxyl groups is 1. The molecule has 0 spiro atoms. The topological polar surface area (TPSA) is 61.8 Å². The number of rotatable bonds is 8. The Morgan fingerprint density at radius 3 is 2.81 bits per heavy atom. The quantitative estimate of drug-likeness (QED) is 0.741. The third kappa shape index (κ3) is 8.04. The summed E-state index contributed by atoms with van der Waals surface area (Å²) in [6.45, 7) is 4.65. The summed E-state index contributed by atoms with van der Waals surface area (Å²) in [5.41, 5.74) is 0. The number of benzene rings is 1. The van der Waals surface area contributed by atoms with Gasteiger partial charge in [-0.3, -0.25) is 9.69 Å². The van der Waals surface area contributed by atoms with E-state index < -0.39 is 6.10 Å². The molecule has 0 aliphatic rings. The van der Waals surface area contributed by atoms with E-state index in [0.717, 1.165) is 4.47 Å². The zero-order chi connectivity index (χ0) is 15.8. The number of carbonyl (C=O) groups is 1. The fourth-order valence-corrected chi connectivity index (χ4v) is 2.22. The first kappa shape index (κ1) is 17.9. The Morgan fingerprint density at radius 2 is 2.19 bits per heavy atom. The van der Waals surface area contributed by atoms with Gasteiger partial charge >= 0.3 is 0 Å². The lowest BCUT2D eigenvalue weighted by molar-refractivity contribution is -0.122. The maximum Gasteiger partial charge on any atom is 0.234 e. The van der Waals surface area contributed by atoms with Crippen LogP contribution in [0.5, 0.6) is 5.75 Å². The van der Waals surface area contributed by atoms with Gasteiger partial charge in [-0.2, -0.15) is 0 Å². The maximum absolute atomic E-state index is 11.6. The first-order chi connectivity index (χ1) is 9.86. The number of hydrogen-bond acceptors (Lipinski definition) is 4. The first-order valence-electron chi connectivity index (χ1n) is 6.91. The molecule has 1 rings (SSSR count). The summed E-state index contributed by atoms with van der Waals surface area (Å²) in [5.74, 6) is 0.649. The summed E-state index contributed by atoms with van der Waals surface area (Å²) in [7, 11) is 1.79. The van der Waals surface area contributed by atoms with Crippen molar-refractivity contribution in [1.82, 2.24) is 10.2 Å². The molecule has 21 heavy (non-hydrogen) atoms. The minimum atomic E-state index is -0.652. The minimum Gasteiger partial charge on any atom is -0.491 e. The molecule has 0 aliphatic carbocycles. The van der Waals surface area contributed by atoms with Gasteiger partial charge in [0.15, 0.2) is 0 Å². The van der Waals surface area contributed by atoms with Crippen molar-refractivity contribution in [2.45, 2.75) is 26.0 Å². The van der Waals surface area contributed by atoms with Crippen LogP contribution in [0.25, 0.3) is 0 Å². The highest BCUT2D eigenvalue weighted by molar-refractivity contribution is 9.10. The van der Waals surface area contributed by atoms with Crippen LogP contribution in [0.1, 0.15) is 13.8 Å². The second-order valence-corrected chi connectivity index (χ2v) is 6.26. The lowest BCUT2D eigenvalue weighted by Gasteiger charge is -2.21. The number of likely N-dealkylation sites (N-methyl/N-ethyl adjacent to an activating group) is 1. The first-order valence-corrected chi connectivity index (χ1v) is 7.70. The van der Waals surface area contributed by atoms with Crippen molar-refractivity contribution in [3.63, 3.8) is 0 Å². The summed E-state index contributed by atoms with van der Waals surface area (Å²) in [5, 5.41) is 12.7. The van der Waals surface area contributed by atoms with Gasteiger partial charge < -0.3 is 15.2 Å². The molecule has 0 bridgehead atoms. The summed E-state index contributed by atoms with van der Waals surface area (Å²) in [6.07, 6.45) is -0.652. The van der Waals surface area contributed by atoms with E-state index in [1.54, 1.807) is 11.9 Å². The van der Waals surface area contributed by atoms with Gasteiger partial charge in [0.2, 0.25) is 5.91 Å². The van der Waals surface area contributed by atoms with Gasteiger partial charge in [0.25, 0.3) is 0 Å². The number of nitrogens with one attached hydrogen (secondary N) is 1. The van der Waals surface area contributed by atoms with Gasteiger partial charge in [-0.15, -0.1) is 0 Å². The number of amides is 1. The van der Waals surface area contributed by atoms with Crippen LogP contribution < -0.4 is 10.1 Å². The van der Waals surface area contributed by atoms with Gasteiger partial charge in [0, 0.05) is 17.1 Å².